The molecule has 1 N–H and O–H groups in total. The van der Waals surface area contributed by atoms with Crippen LogP contribution in [0, 0.1) is 0 Å². The molecule has 0 saturated carbocycles. The van der Waals surface area contributed by atoms with Crippen molar-refractivity contribution < 1.29 is 36.2 Å². The minimum absolute atomic E-state index is 0.0474. The highest BCUT2D eigenvalue weighted by molar-refractivity contribution is 5.91. The average molecular weight is 401 g/mol. The largest absolute Gasteiger partial charge is 0.493 e. The normalized spacial score (nSPS) is 11.7. The Labute approximate surface area is 157 Å². The van der Waals surface area contributed by atoms with E-state index in [1.807, 2.05) is 0 Å². The Bertz CT molecular complexity index is 832. The van der Waals surface area contributed by atoms with Crippen molar-refractivity contribution in [2.45, 2.75) is 19.3 Å². The Hall–Kier alpha value is -3.10. The molecule has 0 unspecified atom stereocenters. The van der Waals surface area contributed by atoms with Gasteiger partial charge in [0.1, 0.15) is 0 Å². The molecule has 0 bridgehead atoms. The zero-order valence-corrected chi connectivity index (χ0v) is 14.6. The van der Waals surface area contributed by atoms with E-state index in [4.69, 9.17) is 4.74 Å². The maximum Gasteiger partial charge on any atom is 0.416 e. The van der Waals surface area contributed by atoms with Crippen LogP contribution in [0.3, 0.4) is 0 Å². The van der Waals surface area contributed by atoms with Gasteiger partial charge in [-0.2, -0.15) is 22.0 Å². The Balaban J connectivity index is 1.94. The van der Waals surface area contributed by atoms with Crippen LogP contribution in [-0.4, -0.2) is 19.6 Å². The van der Waals surface area contributed by atoms with Crippen molar-refractivity contribution in [3.8, 4) is 11.5 Å². The van der Waals surface area contributed by atoms with Gasteiger partial charge in [0.2, 0.25) is 5.91 Å². The Morgan fingerprint density at radius 3 is 2.36 bits per heavy atom. The molecule has 0 aliphatic heterocycles. The highest BCUT2D eigenvalue weighted by atomic mass is 19.4. The van der Waals surface area contributed by atoms with Crippen LogP contribution >= 0.6 is 0 Å². The van der Waals surface area contributed by atoms with Gasteiger partial charge < -0.3 is 14.8 Å². The van der Waals surface area contributed by atoms with E-state index < -0.39 is 24.3 Å². The second-order valence-electron chi connectivity index (χ2n) is 5.53. The van der Waals surface area contributed by atoms with Crippen molar-refractivity contribution in [1.29, 1.82) is 0 Å². The van der Waals surface area contributed by atoms with Crippen LogP contribution in [0.15, 0.2) is 48.5 Å². The lowest BCUT2D eigenvalue weighted by molar-refractivity contribution is -0.137. The van der Waals surface area contributed by atoms with Crippen LogP contribution < -0.4 is 14.8 Å². The molecule has 9 heteroatoms. The second-order valence-corrected chi connectivity index (χ2v) is 5.53. The minimum Gasteiger partial charge on any atom is -0.493 e. The maximum atomic E-state index is 12.5. The summed E-state index contributed by atoms with van der Waals surface area (Å²) in [6.07, 6.45) is -1.79. The number of hydrogen-bond acceptors (Lipinski definition) is 3. The third-order valence-electron chi connectivity index (χ3n) is 3.58. The molecule has 150 valence electrons. The summed E-state index contributed by atoms with van der Waals surface area (Å²) >= 11 is 0. The first-order valence-electron chi connectivity index (χ1n) is 7.94. The van der Waals surface area contributed by atoms with E-state index in [-0.39, 0.29) is 18.0 Å². The molecule has 28 heavy (non-hydrogen) atoms. The van der Waals surface area contributed by atoms with Gasteiger partial charge >= 0.3 is 12.8 Å². The van der Waals surface area contributed by atoms with E-state index >= 15 is 0 Å². The summed E-state index contributed by atoms with van der Waals surface area (Å²) in [6.45, 7) is -2.95. The fourth-order valence-electron chi connectivity index (χ4n) is 2.21. The van der Waals surface area contributed by atoms with Gasteiger partial charge in [-0.1, -0.05) is 18.2 Å². The Kier molecular flexibility index (Phi) is 6.97. The molecule has 0 fully saturated rings. The van der Waals surface area contributed by atoms with Gasteiger partial charge in [-0.05, 0) is 41.5 Å². The van der Waals surface area contributed by atoms with E-state index in [1.54, 1.807) is 0 Å². The third kappa shape index (κ3) is 6.26. The first-order chi connectivity index (χ1) is 13.2. The first kappa shape index (κ1) is 21.2. The minimum atomic E-state index is -4.42. The molecule has 4 nitrogen and oxygen atoms in total. The van der Waals surface area contributed by atoms with Crippen molar-refractivity contribution in [3.05, 3.63) is 65.2 Å². The predicted molar refractivity (Wildman–Crippen MR) is 92.0 cm³/mol. The number of carbonyl (C=O) groups is 1. The predicted octanol–water partition coefficient (Wildman–Crippen LogP) is 4.65. The standard InChI is InChI=1S/C19H16F5NO3/c1-27-16-10-12(4-8-15(16)28-18(20)21)5-9-17(26)25-11-13-2-6-14(7-3-13)19(22,23)24/h2-10,18H,11H2,1H3,(H,25,26)/b9-5+. The van der Waals surface area contributed by atoms with Crippen molar-refractivity contribution in [2.75, 3.05) is 7.11 Å². The van der Waals surface area contributed by atoms with E-state index in [1.165, 1.54) is 49.6 Å². The molecule has 2 rings (SSSR count). The van der Waals surface area contributed by atoms with E-state index in [2.05, 4.69) is 10.1 Å². The summed E-state index contributed by atoms with van der Waals surface area (Å²) in [5.41, 5.74) is 0.240. The van der Waals surface area contributed by atoms with E-state index in [0.29, 0.717) is 11.1 Å². The smallest absolute Gasteiger partial charge is 0.416 e. The van der Waals surface area contributed by atoms with Crippen molar-refractivity contribution in [3.63, 3.8) is 0 Å². The van der Waals surface area contributed by atoms with Crippen LogP contribution in [0.1, 0.15) is 16.7 Å². The van der Waals surface area contributed by atoms with Crippen LogP contribution in [-0.2, 0) is 17.5 Å². The van der Waals surface area contributed by atoms with Crippen molar-refractivity contribution >= 4 is 12.0 Å². The van der Waals surface area contributed by atoms with Gasteiger partial charge in [-0.25, -0.2) is 0 Å². The number of carbonyl (C=O) groups excluding carboxylic acids is 1. The molecule has 0 saturated heterocycles. The van der Waals surface area contributed by atoms with Crippen LogP contribution in [0.4, 0.5) is 22.0 Å². The van der Waals surface area contributed by atoms with Crippen LogP contribution in [0.25, 0.3) is 6.08 Å². The number of halogens is 5. The van der Waals surface area contributed by atoms with Crippen LogP contribution in [0.2, 0.25) is 0 Å². The summed E-state index contributed by atoms with van der Waals surface area (Å²) in [6, 6.07) is 8.58. The lowest BCUT2D eigenvalue weighted by Crippen LogP contribution is -2.20. The molecule has 0 radical (unpaired) electrons. The molecular weight excluding hydrogens is 385 g/mol. The third-order valence-corrected chi connectivity index (χ3v) is 3.58. The van der Waals surface area contributed by atoms with Gasteiger partial charge in [-0.3, -0.25) is 4.79 Å². The maximum absolute atomic E-state index is 12.5. The number of amides is 1. The molecule has 0 heterocycles. The zero-order valence-electron chi connectivity index (χ0n) is 14.6. The number of rotatable bonds is 7. The number of methoxy groups -OCH3 is 1. The summed E-state index contributed by atoms with van der Waals surface area (Å²) in [7, 11) is 1.29. The molecule has 0 atom stereocenters. The molecule has 0 spiro atoms. The van der Waals surface area contributed by atoms with Gasteiger partial charge in [0, 0.05) is 12.6 Å². The lowest BCUT2D eigenvalue weighted by atomic mass is 10.1. The number of ether oxygens (including phenoxy) is 2. The highest BCUT2D eigenvalue weighted by Gasteiger charge is 2.29. The van der Waals surface area contributed by atoms with E-state index in [0.717, 1.165) is 12.1 Å². The molecular formula is C19H16F5NO3. The van der Waals surface area contributed by atoms with Gasteiger partial charge in [0.25, 0.3) is 0 Å². The van der Waals surface area contributed by atoms with Gasteiger partial charge in [0.15, 0.2) is 11.5 Å². The first-order valence-corrected chi connectivity index (χ1v) is 7.94. The van der Waals surface area contributed by atoms with Crippen molar-refractivity contribution in [2.24, 2.45) is 0 Å². The Morgan fingerprint density at radius 2 is 1.79 bits per heavy atom. The summed E-state index contributed by atoms with van der Waals surface area (Å²) in [5.74, 6) is -0.541. The summed E-state index contributed by atoms with van der Waals surface area (Å²) in [5, 5.41) is 2.53. The number of benzene rings is 2. The van der Waals surface area contributed by atoms with Gasteiger partial charge in [-0.15, -0.1) is 0 Å². The number of alkyl halides is 5. The Morgan fingerprint density at radius 1 is 1.11 bits per heavy atom. The van der Waals surface area contributed by atoms with E-state index in [9.17, 15) is 26.7 Å². The second kappa shape index (κ2) is 9.20. The average Bonchev–Trinajstić information content (AvgIpc) is 2.64. The van der Waals surface area contributed by atoms with Gasteiger partial charge in [0.05, 0.1) is 12.7 Å². The molecule has 2 aromatic rings. The zero-order chi connectivity index (χ0) is 20.7. The topological polar surface area (TPSA) is 47.6 Å². The SMILES string of the molecule is COc1cc(/C=C/C(=O)NCc2ccc(C(F)(F)F)cc2)ccc1OC(F)F. The lowest BCUT2D eigenvalue weighted by Gasteiger charge is -2.10. The van der Waals surface area contributed by atoms with Crippen molar-refractivity contribution in [1.82, 2.24) is 5.32 Å². The fourth-order valence-corrected chi connectivity index (χ4v) is 2.21. The monoisotopic (exact) mass is 401 g/mol. The number of hydrogen-bond donors (Lipinski definition) is 1. The molecule has 1 amide bonds. The fraction of sp³-hybridized carbons (Fsp3) is 0.211. The summed E-state index contributed by atoms with van der Waals surface area (Å²) < 4.78 is 71.4. The quantitative estimate of drug-likeness (QED) is 0.543. The molecule has 0 aliphatic rings. The number of nitrogens with one attached hydrogen (secondary N) is 1. The highest BCUT2D eigenvalue weighted by Crippen LogP contribution is 2.30. The van der Waals surface area contributed by atoms with Crippen LogP contribution in [0.5, 0.6) is 11.5 Å². The summed E-state index contributed by atoms with van der Waals surface area (Å²) in [4.78, 5) is 11.8. The molecule has 0 aromatic heterocycles. The molecule has 2 aromatic carbocycles. The molecule has 0 aliphatic carbocycles.